The van der Waals surface area contributed by atoms with Gasteiger partial charge in [-0.1, -0.05) is 49.2 Å². The van der Waals surface area contributed by atoms with E-state index >= 15 is 0 Å². The molecule has 3 rings (SSSR count). The third-order valence-electron chi connectivity index (χ3n) is 5.58. The minimum Gasteiger partial charge on any atom is -0.371 e. The molecule has 5 heteroatoms. The molecule has 1 saturated heterocycles. The van der Waals surface area contributed by atoms with E-state index < -0.39 is 6.04 Å². The van der Waals surface area contributed by atoms with Gasteiger partial charge in [-0.3, -0.25) is 9.59 Å². The van der Waals surface area contributed by atoms with Crippen LogP contribution in [0.4, 0.5) is 11.4 Å². The fourth-order valence-corrected chi connectivity index (χ4v) is 3.82. The first-order valence-electron chi connectivity index (χ1n) is 11.1. The summed E-state index contributed by atoms with van der Waals surface area (Å²) < 4.78 is 0. The molecular weight excluding hydrogens is 374 g/mol. The van der Waals surface area contributed by atoms with Gasteiger partial charge in [-0.25, -0.2) is 0 Å². The van der Waals surface area contributed by atoms with Crippen molar-refractivity contribution in [3.63, 3.8) is 0 Å². The summed E-state index contributed by atoms with van der Waals surface area (Å²) in [6.45, 7) is 6.19. The van der Waals surface area contributed by atoms with Crippen LogP contribution in [0, 0.1) is 6.92 Å². The summed E-state index contributed by atoms with van der Waals surface area (Å²) in [4.78, 5) is 27.6. The van der Waals surface area contributed by atoms with Gasteiger partial charge in [0.25, 0.3) is 0 Å². The lowest BCUT2D eigenvalue weighted by Gasteiger charge is -2.20. The van der Waals surface area contributed by atoms with Crippen LogP contribution in [0.1, 0.15) is 50.2 Å². The van der Waals surface area contributed by atoms with Crippen LogP contribution in [0.5, 0.6) is 0 Å². The highest BCUT2D eigenvalue weighted by atomic mass is 16.2. The van der Waals surface area contributed by atoms with E-state index in [1.54, 1.807) is 0 Å². The summed E-state index contributed by atoms with van der Waals surface area (Å²) in [5.74, 6) is -0.242. The molecule has 1 aliphatic rings. The second kappa shape index (κ2) is 10.8. The van der Waals surface area contributed by atoms with Gasteiger partial charge in [-0.15, -0.1) is 0 Å². The minimum atomic E-state index is -0.518. The Kier molecular flexibility index (Phi) is 7.89. The van der Waals surface area contributed by atoms with Crippen molar-refractivity contribution in [1.82, 2.24) is 5.32 Å². The molecule has 2 amide bonds. The van der Waals surface area contributed by atoms with Gasteiger partial charge in [0, 0.05) is 30.9 Å². The van der Waals surface area contributed by atoms with Gasteiger partial charge in [0.1, 0.15) is 6.04 Å². The first-order valence-corrected chi connectivity index (χ1v) is 11.1. The zero-order chi connectivity index (χ0) is 21.3. The van der Waals surface area contributed by atoms with Crippen LogP contribution >= 0.6 is 0 Å². The predicted octanol–water partition coefficient (Wildman–Crippen LogP) is 4.45. The summed E-state index contributed by atoms with van der Waals surface area (Å²) >= 11 is 0. The van der Waals surface area contributed by atoms with Crippen molar-refractivity contribution in [3.8, 4) is 0 Å². The Bertz CT molecular complexity index is 842. The molecule has 30 heavy (non-hydrogen) atoms. The first kappa shape index (κ1) is 21.9. The molecule has 1 atom stereocenters. The van der Waals surface area contributed by atoms with Crippen LogP contribution in [0.2, 0.25) is 0 Å². The van der Waals surface area contributed by atoms with Crippen molar-refractivity contribution >= 4 is 23.2 Å². The number of carbonyl (C=O) groups excluding carboxylic acids is 2. The van der Waals surface area contributed by atoms with E-state index in [0.717, 1.165) is 36.4 Å². The molecule has 0 aliphatic carbocycles. The molecule has 2 aromatic rings. The number of benzene rings is 2. The quantitative estimate of drug-likeness (QED) is 0.645. The Morgan fingerprint density at radius 3 is 2.50 bits per heavy atom. The second-order valence-electron chi connectivity index (χ2n) is 8.13. The average molecular weight is 408 g/mol. The number of nitrogens with one attached hydrogen (secondary N) is 2. The standard InChI is InChI=1S/C25H33N3O2/c1-3-7-23(27-24(29)15-14-20-12-10-19(2)11-13-20)25(30)26-21-8-6-9-22(18-21)28-16-4-5-17-28/h6,8-13,18,23H,3-5,7,14-17H2,1-2H3,(H,26,30)(H,27,29). The number of nitrogens with zero attached hydrogens (tertiary/aromatic N) is 1. The van der Waals surface area contributed by atoms with Crippen molar-refractivity contribution in [2.45, 2.75) is 58.4 Å². The van der Waals surface area contributed by atoms with Crippen molar-refractivity contribution in [1.29, 1.82) is 0 Å². The van der Waals surface area contributed by atoms with Crippen molar-refractivity contribution in [2.24, 2.45) is 0 Å². The van der Waals surface area contributed by atoms with E-state index in [0.29, 0.717) is 19.3 Å². The Morgan fingerprint density at radius 1 is 1.07 bits per heavy atom. The number of rotatable bonds is 9. The average Bonchev–Trinajstić information content (AvgIpc) is 3.28. The Balaban J connectivity index is 1.55. The van der Waals surface area contributed by atoms with Gasteiger partial charge >= 0.3 is 0 Å². The summed E-state index contributed by atoms with van der Waals surface area (Å²) in [7, 11) is 0. The van der Waals surface area contributed by atoms with Gasteiger partial charge in [0.05, 0.1) is 0 Å². The summed E-state index contributed by atoms with van der Waals surface area (Å²) in [5, 5.41) is 5.92. The highest BCUT2D eigenvalue weighted by Crippen LogP contribution is 2.23. The van der Waals surface area contributed by atoms with E-state index in [1.165, 1.54) is 18.4 Å². The lowest BCUT2D eigenvalue weighted by atomic mass is 10.1. The van der Waals surface area contributed by atoms with Crippen molar-refractivity contribution < 1.29 is 9.59 Å². The number of carbonyl (C=O) groups is 2. The number of hydrogen-bond donors (Lipinski definition) is 2. The minimum absolute atomic E-state index is 0.0880. The molecule has 2 N–H and O–H groups in total. The van der Waals surface area contributed by atoms with Gasteiger partial charge in [0.2, 0.25) is 11.8 Å². The van der Waals surface area contributed by atoms with E-state index in [-0.39, 0.29) is 11.8 Å². The summed E-state index contributed by atoms with van der Waals surface area (Å²) in [6.07, 6.45) is 4.91. The number of hydrogen-bond acceptors (Lipinski definition) is 3. The molecule has 1 unspecified atom stereocenters. The fraction of sp³-hybridized carbons (Fsp3) is 0.440. The van der Waals surface area contributed by atoms with E-state index in [2.05, 4.69) is 33.7 Å². The van der Waals surface area contributed by atoms with Crippen LogP contribution in [0.25, 0.3) is 0 Å². The molecule has 2 aromatic carbocycles. The van der Waals surface area contributed by atoms with Gasteiger partial charge in [-0.2, -0.15) is 0 Å². The summed E-state index contributed by atoms with van der Waals surface area (Å²) in [5.41, 5.74) is 4.25. The number of aryl methyl sites for hydroxylation is 2. The highest BCUT2D eigenvalue weighted by Gasteiger charge is 2.20. The zero-order valence-electron chi connectivity index (χ0n) is 18.1. The molecule has 0 spiro atoms. The normalized spacial score (nSPS) is 14.4. The molecule has 0 bridgehead atoms. The van der Waals surface area contributed by atoms with Gasteiger partial charge in [0.15, 0.2) is 0 Å². The second-order valence-corrected chi connectivity index (χ2v) is 8.13. The highest BCUT2D eigenvalue weighted by molar-refractivity contribution is 5.97. The monoisotopic (exact) mass is 407 g/mol. The Hall–Kier alpha value is -2.82. The van der Waals surface area contributed by atoms with Crippen LogP contribution in [0.3, 0.4) is 0 Å². The molecule has 1 fully saturated rings. The lowest BCUT2D eigenvalue weighted by molar-refractivity contribution is -0.126. The van der Waals surface area contributed by atoms with Crippen LogP contribution in [0.15, 0.2) is 48.5 Å². The zero-order valence-corrected chi connectivity index (χ0v) is 18.1. The number of amides is 2. The summed E-state index contributed by atoms with van der Waals surface area (Å²) in [6, 6.07) is 15.7. The van der Waals surface area contributed by atoms with E-state index in [1.807, 2.05) is 44.2 Å². The Labute approximate surface area is 179 Å². The molecule has 0 saturated carbocycles. The van der Waals surface area contributed by atoms with E-state index in [9.17, 15) is 9.59 Å². The molecule has 1 aliphatic heterocycles. The third-order valence-corrected chi connectivity index (χ3v) is 5.58. The topological polar surface area (TPSA) is 61.4 Å². The molecule has 0 aromatic heterocycles. The molecule has 5 nitrogen and oxygen atoms in total. The smallest absolute Gasteiger partial charge is 0.246 e. The SMILES string of the molecule is CCCC(NC(=O)CCc1ccc(C)cc1)C(=O)Nc1cccc(N2CCCC2)c1. The number of anilines is 2. The third kappa shape index (κ3) is 6.34. The predicted molar refractivity (Wildman–Crippen MR) is 123 cm³/mol. The van der Waals surface area contributed by atoms with Gasteiger partial charge in [-0.05, 0) is 56.4 Å². The van der Waals surface area contributed by atoms with Crippen LogP contribution < -0.4 is 15.5 Å². The maximum atomic E-state index is 12.8. The Morgan fingerprint density at radius 2 is 1.80 bits per heavy atom. The van der Waals surface area contributed by atoms with Crippen molar-refractivity contribution in [2.75, 3.05) is 23.3 Å². The molecular formula is C25H33N3O2. The largest absolute Gasteiger partial charge is 0.371 e. The molecule has 0 radical (unpaired) electrons. The maximum Gasteiger partial charge on any atom is 0.246 e. The maximum absolute atomic E-state index is 12.8. The van der Waals surface area contributed by atoms with Crippen LogP contribution in [-0.2, 0) is 16.0 Å². The fourth-order valence-electron chi connectivity index (χ4n) is 3.82. The lowest BCUT2D eigenvalue weighted by Crippen LogP contribution is -2.43. The molecule has 1 heterocycles. The van der Waals surface area contributed by atoms with E-state index in [4.69, 9.17) is 0 Å². The van der Waals surface area contributed by atoms with Crippen molar-refractivity contribution in [3.05, 3.63) is 59.7 Å². The first-order chi connectivity index (χ1) is 14.5. The van der Waals surface area contributed by atoms with Gasteiger partial charge < -0.3 is 15.5 Å². The molecule has 160 valence electrons. The van der Waals surface area contributed by atoms with Crippen LogP contribution in [-0.4, -0.2) is 30.9 Å².